The molecule has 4 fully saturated rings. The second kappa shape index (κ2) is 34.2. The summed E-state index contributed by atoms with van der Waals surface area (Å²) in [6.45, 7) is 33.7. The maximum absolute atomic E-state index is 9.42. The largest absolute Gasteiger partial charge is 0.513 e. The van der Waals surface area contributed by atoms with Crippen molar-refractivity contribution in [2.75, 3.05) is 59.0 Å². The molecule has 16 heterocycles. The van der Waals surface area contributed by atoms with Crippen molar-refractivity contribution in [1.29, 1.82) is 0 Å². The number of benzene rings is 4. The Bertz CT molecular complexity index is 5710. The Morgan fingerprint density at radius 3 is 1.35 bits per heavy atom. The van der Waals surface area contributed by atoms with Gasteiger partial charge in [0.25, 0.3) is 0 Å². The van der Waals surface area contributed by atoms with E-state index in [1.54, 1.807) is 35.4 Å². The van der Waals surface area contributed by atoms with Gasteiger partial charge in [0.1, 0.15) is 11.6 Å². The Hall–Kier alpha value is -10.5. The Morgan fingerprint density at radius 2 is 0.932 bits per heavy atom. The summed E-state index contributed by atoms with van der Waals surface area (Å²) in [5.41, 5.74) is 46.4. The molecule has 117 heavy (non-hydrogen) atoms. The van der Waals surface area contributed by atoms with Crippen LogP contribution in [0.4, 0.5) is 0 Å². The minimum Gasteiger partial charge on any atom is -0.513 e. The van der Waals surface area contributed by atoms with Crippen LogP contribution in [-0.2, 0) is 62.1 Å². The van der Waals surface area contributed by atoms with Gasteiger partial charge in [-0.05, 0) is 255 Å². The molecule has 8 unspecified atom stereocenters. The molecule has 8 atom stereocenters. The van der Waals surface area contributed by atoms with Gasteiger partial charge in [-0.25, -0.2) is 0 Å². The van der Waals surface area contributed by atoms with Gasteiger partial charge in [0, 0.05) is 246 Å². The Labute approximate surface area is 687 Å². The zero-order chi connectivity index (χ0) is 80.6. The Kier molecular flexibility index (Phi) is 23.1. The third-order valence-corrected chi connectivity index (χ3v) is 26.8. The van der Waals surface area contributed by atoms with Gasteiger partial charge in [-0.1, -0.05) is 82.4 Å². The second-order valence-corrected chi connectivity index (χ2v) is 34.7. The highest BCUT2D eigenvalue weighted by molar-refractivity contribution is 5.90. The molecule has 4 aromatic carbocycles. The molecule has 0 saturated carbocycles. The number of aliphatic hydroxyl groups is 1. The van der Waals surface area contributed by atoms with Gasteiger partial charge in [-0.15, -0.1) is 0 Å². The number of hydrogen-bond acceptors (Lipinski definition) is 13. The van der Waals surface area contributed by atoms with Crippen molar-refractivity contribution >= 4 is 43.6 Å². The van der Waals surface area contributed by atoms with Crippen molar-refractivity contribution < 1.29 is 9.84 Å². The molecule has 0 amide bonds. The van der Waals surface area contributed by atoms with E-state index in [1.807, 2.05) is 44.6 Å². The molecule has 8 aliphatic rings. The van der Waals surface area contributed by atoms with Gasteiger partial charge in [-0.2, -0.15) is 0 Å². The van der Waals surface area contributed by atoms with Gasteiger partial charge in [0.15, 0.2) is 0 Å². The van der Waals surface area contributed by atoms with E-state index in [1.165, 1.54) is 190 Å². The zero-order valence-electron chi connectivity index (χ0n) is 69.6. The van der Waals surface area contributed by atoms with Crippen molar-refractivity contribution in [1.82, 2.24) is 62.8 Å². The SMILES string of the molecule is C=C(O)CCCOC(Cn1c2c(c3cc(C)ccc31)C1CCCN1CC2)c1ccncc1.Cc1ccc2c(c1)c1c(n2CC(C)(N=[N+]=[N-])c2cnccn2)CCN2CCCC12.Cc1ccc2c(c1)c1c(n2CC(C)c2ccc(C)nc2)CCN2CCCC12.Cc1ccc2c(c1)c1c(n2CC(N=[N+]=[N-])c2ccc(C)nc2)CCN2CCCC12. The van der Waals surface area contributed by atoms with Crippen LogP contribution < -0.4 is 0 Å². The first-order valence-electron chi connectivity index (χ1n) is 43.0. The Morgan fingerprint density at radius 1 is 0.496 bits per heavy atom. The number of aryl methyl sites for hydroxylation is 6. The average molecular weight is 1570 g/mol. The molecule has 0 bridgehead atoms. The second-order valence-electron chi connectivity index (χ2n) is 34.7. The first kappa shape index (κ1) is 79.0. The van der Waals surface area contributed by atoms with Crippen LogP contribution in [-0.4, -0.2) is 127 Å². The highest BCUT2D eigenvalue weighted by atomic mass is 16.5. The fraction of sp³-hybridized carbons (Fsp3) is 0.448. The first-order chi connectivity index (χ1) is 57.0. The lowest BCUT2D eigenvalue weighted by atomic mass is 9.95. The number of ether oxygens (including phenoxy) is 1. The lowest BCUT2D eigenvalue weighted by Gasteiger charge is -2.32. The van der Waals surface area contributed by atoms with Gasteiger partial charge < -0.3 is 28.1 Å². The number of pyridine rings is 3. The molecule has 1 N–H and O–H groups in total. The van der Waals surface area contributed by atoms with E-state index in [0.717, 1.165) is 80.9 Å². The monoisotopic (exact) mass is 1560 g/mol. The molecule has 4 saturated heterocycles. The number of rotatable bonds is 19. The van der Waals surface area contributed by atoms with Crippen molar-refractivity contribution in [2.24, 2.45) is 10.2 Å². The fourth-order valence-electron chi connectivity index (χ4n) is 21.2. The third kappa shape index (κ3) is 15.9. The summed E-state index contributed by atoms with van der Waals surface area (Å²) in [5.74, 6) is 0.678. The predicted molar refractivity (Wildman–Crippen MR) is 466 cm³/mol. The van der Waals surface area contributed by atoms with Crippen LogP contribution in [0, 0.1) is 41.5 Å². The first-order valence-corrected chi connectivity index (χ1v) is 43.0. The van der Waals surface area contributed by atoms with Crippen molar-refractivity contribution in [3.8, 4) is 0 Å². The summed E-state index contributed by atoms with van der Waals surface area (Å²) in [5, 5.41) is 23.4. The zero-order valence-corrected chi connectivity index (χ0v) is 69.6. The predicted octanol–water partition coefficient (Wildman–Crippen LogP) is 20.9. The van der Waals surface area contributed by atoms with Gasteiger partial charge in [-0.3, -0.25) is 44.5 Å². The van der Waals surface area contributed by atoms with E-state index < -0.39 is 5.54 Å². The van der Waals surface area contributed by atoms with E-state index in [9.17, 15) is 16.2 Å². The van der Waals surface area contributed by atoms with Crippen LogP contribution >= 0.6 is 0 Å². The number of aliphatic hydroxyl groups excluding tert-OH is 1. The summed E-state index contributed by atoms with van der Waals surface area (Å²) >= 11 is 0. The summed E-state index contributed by atoms with van der Waals surface area (Å²) in [6, 6.07) is 41.9. The minimum atomic E-state index is -0.805. The normalized spacial score (nSPS) is 20.0. The summed E-state index contributed by atoms with van der Waals surface area (Å²) in [7, 11) is 0. The lowest BCUT2D eigenvalue weighted by molar-refractivity contribution is 0.0381. The third-order valence-electron chi connectivity index (χ3n) is 26.8. The van der Waals surface area contributed by atoms with Crippen molar-refractivity contribution in [2.45, 2.75) is 219 Å². The summed E-state index contributed by atoms with van der Waals surface area (Å²) < 4.78 is 16.3. The number of fused-ring (bicyclic) bond motifs is 20. The van der Waals surface area contributed by atoms with E-state index in [-0.39, 0.29) is 17.9 Å². The number of hydrogen-bond donors (Lipinski definition) is 1. The molecule has 0 spiro atoms. The topological polar surface area (TPSA) is 224 Å². The van der Waals surface area contributed by atoms with Crippen LogP contribution in [0.3, 0.4) is 0 Å². The van der Waals surface area contributed by atoms with E-state index in [4.69, 9.17) is 4.74 Å². The van der Waals surface area contributed by atoms with Crippen LogP contribution in [0.1, 0.15) is 221 Å². The van der Waals surface area contributed by atoms with Gasteiger partial charge in [0.2, 0.25) is 0 Å². The highest BCUT2D eigenvalue weighted by Crippen LogP contribution is 2.49. The van der Waals surface area contributed by atoms with E-state index in [2.05, 4.69) is 234 Å². The molecule has 21 heteroatoms. The summed E-state index contributed by atoms with van der Waals surface area (Å²) in [6.07, 6.45) is 28.4. The number of azide groups is 2. The molecule has 604 valence electrons. The number of allylic oxidation sites excluding steroid dienone is 1. The molecule has 0 aliphatic carbocycles. The van der Waals surface area contributed by atoms with Gasteiger partial charge in [0.05, 0.1) is 24.0 Å². The van der Waals surface area contributed by atoms with Crippen LogP contribution in [0.25, 0.3) is 64.5 Å². The quantitative estimate of drug-likeness (QED) is 0.0263. The van der Waals surface area contributed by atoms with Crippen molar-refractivity contribution in [3.63, 3.8) is 0 Å². The van der Waals surface area contributed by atoms with Crippen molar-refractivity contribution in [3.05, 3.63) is 287 Å². The molecule has 0 radical (unpaired) electrons. The standard InChI is InChI=1S/C27H33N3O2.C24H29N3.C23H26N6.C22H25N7/c1-19-7-8-23-22(17-19)27-24-6-3-14-29(24)15-11-25(27)30(23)18-26(21-9-12-28-13-10-21)32-16-4-5-20(2)31;1-16-6-9-21-20(13-16)24-22-5-4-11-26(22)12-10-23(24)27(21)15-17(2)19-8-7-18(3)25-14-19;1-15-5-8-20-18(12-15)23-21-4-3-10-28(21)11-9-22(23)29(20)14-19(26-27-24)17-7-6-16(2)25-13-17;1-15-5-6-17-16(12-15)21-18-4-3-10-28(18)11-7-19(21)29(17)14-22(2,26-27-23)20-13-24-8-9-25-20/h7-10,12-13,17,24,26,31H,2-6,11,14-16,18H2,1H3;6-9,13-14,17,22H,4-5,10-12,15H2,1-3H3;5-8,12-13,19,21H,3-4,9-11,14H2,1-2H3;5-6,8-9,12-13,18H,3-4,7,10-11,14H2,1-2H3. The summed E-state index contributed by atoms with van der Waals surface area (Å²) in [4.78, 5) is 38.8. The molecular weight excluding hydrogens is 1450 g/mol. The molecular formula is C96H113N19O2. The highest BCUT2D eigenvalue weighted by Gasteiger charge is 2.41. The Balaban J connectivity index is 0.000000112. The van der Waals surface area contributed by atoms with Gasteiger partial charge >= 0.3 is 0 Å². The van der Waals surface area contributed by atoms with E-state index in [0.29, 0.717) is 61.9 Å². The fourth-order valence-corrected chi connectivity index (χ4v) is 21.2. The van der Waals surface area contributed by atoms with Crippen LogP contribution in [0.5, 0.6) is 0 Å². The number of aromatic nitrogens is 9. The molecule has 20 rings (SSSR count). The number of nitrogens with zero attached hydrogens (tertiary/aromatic N) is 19. The maximum atomic E-state index is 9.42. The van der Waals surface area contributed by atoms with Crippen LogP contribution in [0.2, 0.25) is 0 Å². The maximum Gasteiger partial charge on any atom is 0.107 e. The smallest absolute Gasteiger partial charge is 0.107 e. The molecule has 8 aromatic heterocycles. The molecule has 8 aliphatic heterocycles. The molecule has 12 aromatic rings. The average Bonchev–Trinajstić information content (AvgIpc) is 1.60. The molecule has 21 nitrogen and oxygen atoms in total. The lowest BCUT2D eigenvalue weighted by Crippen LogP contribution is -2.33. The van der Waals surface area contributed by atoms with E-state index >= 15 is 0 Å². The van der Waals surface area contributed by atoms with Crippen LogP contribution in [0.15, 0.2) is 175 Å². The minimum absolute atomic E-state index is 0.0624.